The Labute approximate surface area is 317 Å². The van der Waals surface area contributed by atoms with E-state index < -0.39 is 0 Å². The monoisotopic (exact) mass is 703 g/mol. The third-order valence-corrected chi connectivity index (χ3v) is 10.9. The zero-order valence-electron chi connectivity index (χ0n) is 29.8. The first kappa shape index (κ1) is 31.2. The molecule has 0 saturated heterocycles. The first-order chi connectivity index (χ1) is 27.3. The summed E-state index contributed by atoms with van der Waals surface area (Å²) < 4.78 is 13.1. The normalized spacial score (nSPS) is 11.6. The summed E-state index contributed by atoms with van der Waals surface area (Å²) in [5.74, 6) is 0. The number of fused-ring (bicyclic) bond motifs is 7. The summed E-state index contributed by atoms with van der Waals surface area (Å²) in [4.78, 5) is 2.39. The fourth-order valence-corrected chi connectivity index (χ4v) is 8.43. The van der Waals surface area contributed by atoms with E-state index in [4.69, 9.17) is 8.83 Å². The van der Waals surface area contributed by atoms with Gasteiger partial charge in [0.05, 0.1) is 11.4 Å². The summed E-state index contributed by atoms with van der Waals surface area (Å²) in [6.45, 7) is 0. The topological polar surface area (TPSA) is 29.5 Å². The summed E-state index contributed by atoms with van der Waals surface area (Å²) in [5, 5.41) is 6.86. The van der Waals surface area contributed by atoms with Crippen LogP contribution < -0.4 is 4.90 Å². The van der Waals surface area contributed by atoms with Crippen LogP contribution in [-0.2, 0) is 0 Å². The van der Waals surface area contributed by atoms with E-state index in [1.165, 1.54) is 21.9 Å². The lowest BCUT2D eigenvalue weighted by molar-refractivity contribution is 0.669. The Morgan fingerprint density at radius 1 is 0.291 bits per heavy atom. The number of rotatable bonds is 6. The van der Waals surface area contributed by atoms with E-state index in [0.29, 0.717) is 0 Å². The molecule has 11 aromatic rings. The van der Waals surface area contributed by atoms with E-state index in [1.54, 1.807) is 0 Å². The fraction of sp³-hybridized carbons (Fsp3) is 0. The smallest absolute Gasteiger partial charge is 0.143 e. The van der Waals surface area contributed by atoms with Crippen LogP contribution in [0.4, 0.5) is 17.1 Å². The van der Waals surface area contributed by atoms with Crippen LogP contribution in [0.3, 0.4) is 0 Å². The minimum atomic E-state index is 0.842. The number of hydrogen-bond acceptors (Lipinski definition) is 3. The van der Waals surface area contributed by atoms with Crippen LogP contribution in [-0.4, -0.2) is 0 Å². The maximum absolute atomic E-state index is 6.63. The average Bonchev–Trinajstić information content (AvgIpc) is 3.82. The van der Waals surface area contributed by atoms with E-state index in [-0.39, 0.29) is 0 Å². The summed E-state index contributed by atoms with van der Waals surface area (Å²) in [7, 11) is 0. The quantitative estimate of drug-likeness (QED) is 0.173. The van der Waals surface area contributed by atoms with Gasteiger partial charge in [-0.25, -0.2) is 0 Å². The zero-order chi connectivity index (χ0) is 36.3. The summed E-state index contributed by atoms with van der Waals surface area (Å²) >= 11 is 0. The molecule has 0 N–H and O–H groups in total. The Balaban J connectivity index is 1.18. The summed E-state index contributed by atoms with van der Waals surface area (Å²) in [6.07, 6.45) is 0. The molecule has 2 heterocycles. The van der Waals surface area contributed by atoms with Crippen molar-refractivity contribution in [2.45, 2.75) is 0 Å². The average molecular weight is 704 g/mol. The van der Waals surface area contributed by atoms with Gasteiger partial charge in [-0.3, -0.25) is 0 Å². The Morgan fingerprint density at radius 3 is 1.53 bits per heavy atom. The largest absolute Gasteiger partial charge is 0.456 e. The van der Waals surface area contributed by atoms with Crippen LogP contribution in [0.2, 0.25) is 0 Å². The van der Waals surface area contributed by atoms with Crippen LogP contribution in [0, 0.1) is 0 Å². The molecule has 9 aromatic carbocycles. The van der Waals surface area contributed by atoms with E-state index >= 15 is 0 Å². The lowest BCUT2D eigenvalue weighted by Crippen LogP contribution is -2.12. The number of benzene rings is 9. The molecular formula is C52H33NO2. The number of furan rings is 2. The van der Waals surface area contributed by atoms with Crippen molar-refractivity contribution in [1.29, 1.82) is 0 Å². The highest BCUT2D eigenvalue weighted by Crippen LogP contribution is 2.49. The molecule has 0 radical (unpaired) electrons. The fourth-order valence-electron chi connectivity index (χ4n) is 8.43. The molecule has 0 saturated carbocycles. The van der Waals surface area contributed by atoms with Gasteiger partial charge in [-0.1, -0.05) is 158 Å². The molecule has 0 aliphatic rings. The second-order valence-corrected chi connectivity index (χ2v) is 14.0. The van der Waals surface area contributed by atoms with Gasteiger partial charge < -0.3 is 13.7 Å². The minimum absolute atomic E-state index is 0.842. The van der Waals surface area contributed by atoms with Gasteiger partial charge in [0.15, 0.2) is 0 Å². The van der Waals surface area contributed by atoms with Gasteiger partial charge in [0, 0.05) is 50.0 Å². The molecule has 3 heteroatoms. The highest BCUT2D eigenvalue weighted by Gasteiger charge is 2.24. The Hall–Kier alpha value is -7.36. The van der Waals surface area contributed by atoms with Crippen LogP contribution in [0.5, 0.6) is 0 Å². The third kappa shape index (κ3) is 5.05. The van der Waals surface area contributed by atoms with Gasteiger partial charge in [0.2, 0.25) is 0 Å². The molecule has 0 bridgehead atoms. The summed E-state index contributed by atoms with van der Waals surface area (Å²) in [5.41, 5.74) is 13.3. The van der Waals surface area contributed by atoms with Gasteiger partial charge in [-0.2, -0.15) is 0 Å². The van der Waals surface area contributed by atoms with Gasteiger partial charge in [-0.15, -0.1) is 0 Å². The summed E-state index contributed by atoms with van der Waals surface area (Å²) in [6, 6.07) is 71.0. The predicted molar refractivity (Wildman–Crippen MR) is 229 cm³/mol. The number of anilines is 3. The van der Waals surface area contributed by atoms with E-state index in [1.807, 2.05) is 24.3 Å². The lowest BCUT2D eigenvalue weighted by atomic mass is 9.90. The SMILES string of the molecule is c1ccc(-c2cccc3ccccc23)c(-c2ccccc2N(c2ccc3c(c2)oc2ccccc23)c2ccccc2-c2cccc3c2oc2ccccc23)c1. The van der Waals surface area contributed by atoms with Crippen LogP contribution in [0.15, 0.2) is 209 Å². The molecule has 3 nitrogen and oxygen atoms in total. The highest BCUT2D eigenvalue weighted by molar-refractivity contribution is 6.12. The molecule has 55 heavy (non-hydrogen) atoms. The van der Waals surface area contributed by atoms with Crippen molar-refractivity contribution in [2.75, 3.05) is 4.90 Å². The van der Waals surface area contributed by atoms with Gasteiger partial charge >= 0.3 is 0 Å². The standard InChI is InChI=1S/C52H33NO2/c1-2-17-36-34(15-1)16-13-24-37(36)38-18-3-4-19-39(38)40-20-5-9-27-47(40)53(35-31-32-44-42-22-7-11-29-49(42)54-51(44)33-35)48-28-10-6-21-41(48)45-25-14-26-46-43-23-8-12-30-50(43)55-52(45)46/h1-33H. The maximum Gasteiger partial charge on any atom is 0.143 e. The predicted octanol–water partition coefficient (Wildman–Crippen LogP) is 15.1. The van der Waals surface area contributed by atoms with Crippen molar-refractivity contribution in [2.24, 2.45) is 0 Å². The Kier molecular flexibility index (Phi) is 7.17. The number of hydrogen-bond donors (Lipinski definition) is 0. The van der Waals surface area contributed by atoms with E-state index in [2.05, 4.69) is 181 Å². The molecule has 0 unspecified atom stereocenters. The number of nitrogens with zero attached hydrogens (tertiary/aromatic N) is 1. The highest BCUT2D eigenvalue weighted by atomic mass is 16.3. The molecule has 258 valence electrons. The van der Waals surface area contributed by atoms with E-state index in [9.17, 15) is 0 Å². The van der Waals surface area contributed by atoms with Crippen LogP contribution in [0.25, 0.3) is 88.0 Å². The van der Waals surface area contributed by atoms with Gasteiger partial charge in [0.25, 0.3) is 0 Å². The van der Waals surface area contributed by atoms with E-state index in [0.717, 1.165) is 83.2 Å². The second kappa shape index (κ2) is 12.6. The van der Waals surface area contributed by atoms with Crippen molar-refractivity contribution < 1.29 is 8.83 Å². The molecule has 0 amide bonds. The second-order valence-electron chi connectivity index (χ2n) is 14.0. The Bertz CT molecular complexity index is 3230. The zero-order valence-corrected chi connectivity index (χ0v) is 29.8. The molecule has 0 fully saturated rings. The molecule has 2 aromatic heterocycles. The molecule has 0 aliphatic heterocycles. The van der Waals surface area contributed by atoms with Crippen molar-refractivity contribution in [3.05, 3.63) is 200 Å². The molecule has 11 rings (SSSR count). The lowest BCUT2D eigenvalue weighted by Gasteiger charge is -2.30. The first-order valence-electron chi connectivity index (χ1n) is 18.7. The molecule has 0 spiro atoms. The molecule has 0 atom stereocenters. The minimum Gasteiger partial charge on any atom is -0.456 e. The molecular weight excluding hydrogens is 671 g/mol. The molecule has 0 aliphatic carbocycles. The van der Waals surface area contributed by atoms with Crippen molar-refractivity contribution in [1.82, 2.24) is 0 Å². The maximum atomic E-state index is 6.63. The van der Waals surface area contributed by atoms with Gasteiger partial charge in [0.1, 0.15) is 22.3 Å². The number of para-hydroxylation sites is 5. The third-order valence-electron chi connectivity index (χ3n) is 10.9. The van der Waals surface area contributed by atoms with Crippen LogP contribution in [0.1, 0.15) is 0 Å². The van der Waals surface area contributed by atoms with Gasteiger partial charge in [-0.05, 0) is 63.9 Å². The van der Waals surface area contributed by atoms with Crippen molar-refractivity contribution in [3.8, 4) is 33.4 Å². The van der Waals surface area contributed by atoms with Crippen molar-refractivity contribution in [3.63, 3.8) is 0 Å². The Morgan fingerprint density at radius 2 is 0.764 bits per heavy atom. The first-order valence-corrected chi connectivity index (χ1v) is 18.7. The van der Waals surface area contributed by atoms with Crippen molar-refractivity contribution >= 4 is 71.7 Å². The van der Waals surface area contributed by atoms with Crippen LogP contribution >= 0.6 is 0 Å².